The summed E-state index contributed by atoms with van der Waals surface area (Å²) < 4.78 is 11.7. The number of carbonyl (C=O) groups is 3. The van der Waals surface area contributed by atoms with E-state index in [1.807, 2.05) is 12.2 Å². The highest BCUT2D eigenvalue weighted by molar-refractivity contribution is 6.02. The Bertz CT molecular complexity index is 1050. The molecule has 3 fully saturated rings. The van der Waals surface area contributed by atoms with Crippen molar-refractivity contribution in [3.63, 3.8) is 0 Å². The Morgan fingerprint density at radius 1 is 1.19 bits per heavy atom. The first-order valence-corrected chi connectivity index (χ1v) is 13.3. The molecule has 194 valence electrons. The molecule has 3 heterocycles. The van der Waals surface area contributed by atoms with Crippen molar-refractivity contribution in [1.29, 1.82) is 0 Å². The zero-order chi connectivity index (χ0) is 25.4. The standard InChI is InChI=1S/C28H37N3O5/c1-17(2)13-15-31-24(26(33)29-18-8-5-4-6-9-18)28-14-12-21(36-28)22(23(28)27(31)34)25(32)30-19-10-7-11-20(16-19)35-3/h7,10-12,14,16-18,21-24H,4-6,8-9,13,15H2,1-3H3,(H,29,33)(H,30,32)/t21-,22+,23-,24+,28-/m0/s1. The molecule has 4 aliphatic rings. The number of rotatable bonds is 8. The fourth-order valence-electron chi connectivity index (χ4n) is 6.36. The van der Waals surface area contributed by atoms with Gasteiger partial charge in [-0.25, -0.2) is 0 Å². The summed E-state index contributed by atoms with van der Waals surface area (Å²) in [4.78, 5) is 42.8. The van der Waals surface area contributed by atoms with Gasteiger partial charge in [-0.2, -0.15) is 0 Å². The number of methoxy groups -OCH3 is 1. The van der Waals surface area contributed by atoms with E-state index in [4.69, 9.17) is 9.47 Å². The average molecular weight is 496 g/mol. The average Bonchev–Trinajstić information content (AvgIpc) is 3.50. The lowest BCUT2D eigenvalue weighted by Gasteiger charge is -2.34. The Labute approximate surface area is 212 Å². The summed E-state index contributed by atoms with van der Waals surface area (Å²) in [6.45, 7) is 4.66. The summed E-state index contributed by atoms with van der Waals surface area (Å²) in [7, 11) is 1.57. The van der Waals surface area contributed by atoms with Crippen LogP contribution in [0.2, 0.25) is 0 Å². The summed E-state index contributed by atoms with van der Waals surface area (Å²) in [5.74, 6) is -1.05. The molecule has 5 rings (SSSR count). The van der Waals surface area contributed by atoms with Gasteiger partial charge in [0.1, 0.15) is 17.4 Å². The number of benzene rings is 1. The first-order valence-electron chi connectivity index (χ1n) is 13.3. The normalized spacial score (nSPS) is 31.1. The van der Waals surface area contributed by atoms with Crippen LogP contribution in [0.5, 0.6) is 5.75 Å². The predicted molar refractivity (Wildman–Crippen MR) is 135 cm³/mol. The van der Waals surface area contributed by atoms with Crippen molar-refractivity contribution >= 4 is 23.4 Å². The minimum atomic E-state index is -1.12. The van der Waals surface area contributed by atoms with Gasteiger partial charge >= 0.3 is 0 Å². The molecule has 1 aliphatic carbocycles. The van der Waals surface area contributed by atoms with Crippen LogP contribution in [0.4, 0.5) is 5.69 Å². The number of hydrogen-bond acceptors (Lipinski definition) is 5. The van der Waals surface area contributed by atoms with E-state index in [9.17, 15) is 14.4 Å². The molecular weight excluding hydrogens is 458 g/mol. The quantitative estimate of drug-likeness (QED) is 0.540. The first kappa shape index (κ1) is 24.8. The molecule has 1 aromatic rings. The number of ether oxygens (including phenoxy) is 2. The van der Waals surface area contributed by atoms with Gasteiger partial charge < -0.3 is 25.0 Å². The molecule has 36 heavy (non-hydrogen) atoms. The first-order chi connectivity index (χ1) is 17.3. The summed E-state index contributed by atoms with van der Waals surface area (Å²) in [6, 6.07) is 6.48. The SMILES string of the molecule is COc1cccc(NC(=O)[C@@H]2[C@@H]3C=C[C@]4(O3)[C@@H]2C(=O)N(CCC(C)C)[C@@H]4C(=O)NC2CCCCC2)c1. The van der Waals surface area contributed by atoms with E-state index in [0.717, 1.165) is 32.1 Å². The molecule has 0 radical (unpaired) electrons. The number of nitrogens with zero attached hydrogens (tertiary/aromatic N) is 1. The van der Waals surface area contributed by atoms with Crippen molar-refractivity contribution in [2.45, 2.75) is 76.2 Å². The van der Waals surface area contributed by atoms with Crippen molar-refractivity contribution in [3.05, 3.63) is 36.4 Å². The van der Waals surface area contributed by atoms with Crippen LogP contribution in [0.3, 0.4) is 0 Å². The van der Waals surface area contributed by atoms with E-state index in [0.29, 0.717) is 23.9 Å². The minimum absolute atomic E-state index is 0.124. The Morgan fingerprint density at radius 2 is 1.97 bits per heavy atom. The molecule has 3 aliphatic heterocycles. The minimum Gasteiger partial charge on any atom is -0.497 e. The second-order valence-electron chi connectivity index (χ2n) is 11.0. The lowest BCUT2D eigenvalue weighted by molar-refractivity contribution is -0.141. The molecule has 5 atom stereocenters. The molecule has 8 heteroatoms. The second-order valence-corrected chi connectivity index (χ2v) is 11.0. The molecular formula is C28H37N3O5. The Morgan fingerprint density at radius 3 is 2.69 bits per heavy atom. The Kier molecular flexibility index (Phi) is 6.81. The van der Waals surface area contributed by atoms with Crippen LogP contribution in [0.25, 0.3) is 0 Å². The largest absolute Gasteiger partial charge is 0.497 e. The van der Waals surface area contributed by atoms with E-state index in [2.05, 4.69) is 24.5 Å². The van der Waals surface area contributed by atoms with Crippen molar-refractivity contribution in [2.24, 2.45) is 17.8 Å². The maximum Gasteiger partial charge on any atom is 0.246 e. The fourth-order valence-corrected chi connectivity index (χ4v) is 6.36. The molecule has 3 amide bonds. The highest BCUT2D eigenvalue weighted by Crippen LogP contribution is 2.55. The molecule has 1 saturated carbocycles. The monoisotopic (exact) mass is 495 g/mol. The molecule has 2 saturated heterocycles. The van der Waals surface area contributed by atoms with E-state index in [-0.39, 0.29) is 23.8 Å². The van der Waals surface area contributed by atoms with Gasteiger partial charge in [0.25, 0.3) is 0 Å². The summed E-state index contributed by atoms with van der Waals surface area (Å²) in [5, 5.41) is 6.17. The Balaban J connectivity index is 1.42. The number of anilines is 1. The van der Waals surface area contributed by atoms with Crippen LogP contribution in [0, 0.1) is 17.8 Å². The van der Waals surface area contributed by atoms with Gasteiger partial charge in [-0.3, -0.25) is 14.4 Å². The molecule has 1 spiro atoms. The smallest absolute Gasteiger partial charge is 0.246 e. The third kappa shape index (κ3) is 4.29. The van der Waals surface area contributed by atoms with Gasteiger partial charge in [-0.05, 0) is 37.3 Å². The van der Waals surface area contributed by atoms with E-state index < -0.39 is 29.6 Å². The number of nitrogens with one attached hydrogen (secondary N) is 2. The van der Waals surface area contributed by atoms with Gasteiger partial charge in [-0.15, -0.1) is 0 Å². The van der Waals surface area contributed by atoms with Crippen molar-refractivity contribution in [2.75, 3.05) is 19.0 Å². The highest BCUT2D eigenvalue weighted by Gasteiger charge is 2.72. The lowest BCUT2D eigenvalue weighted by Crippen LogP contribution is -2.56. The van der Waals surface area contributed by atoms with Crippen LogP contribution in [-0.4, -0.2) is 60.1 Å². The van der Waals surface area contributed by atoms with Gasteiger partial charge in [0.15, 0.2) is 0 Å². The van der Waals surface area contributed by atoms with Gasteiger partial charge in [-0.1, -0.05) is 51.3 Å². The number of amides is 3. The zero-order valence-corrected chi connectivity index (χ0v) is 21.4. The molecule has 0 aromatic heterocycles. The topological polar surface area (TPSA) is 97.0 Å². The van der Waals surface area contributed by atoms with Gasteiger partial charge in [0.2, 0.25) is 17.7 Å². The summed E-state index contributed by atoms with van der Waals surface area (Å²) >= 11 is 0. The van der Waals surface area contributed by atoms with Gasteiger partial charge in [0, 0.05) is 24.3 Å². The third-order valence-electron chi connectivity index (χ3n) is 8.16. The molecule has 8 nitrogen and oxygen atoms in total. The molecule has 0 unspecified atom stereocenters. The second kappa shape index (κ2) is 9.88. The molecule has 1 aromatic carbocycles. The lowest BCUT2D eigenvalue weighted by atomic mass is 9.74. The third-order valence-corrected chi connectivity index (χ3v) is 8.16. The summed E-state index contributed by atoms with van der Waals surface area (Å²) in [5.41, 5.74) is -0.526. The van der Waals surface area contributed by atoms with Crippen LogP contribution in [0.1, 0.15) is 52.4 Å². The maximum atomic E-state index is 13.9. The van der Waals surface area contributed by atoms with Crippen molar-refractivity contribution in [1.82, 2.24) is 10.2 Å². The number of fused-ring (bicyclic) bond motifs is 1. The van der Waals surface area contributed by atoms with Crippen molar-refractivity contribution in [3.8, 4) is 5.75 Å². The van der Waals surface area contributed by atoms with E-state index >= 15 is 0 Å². The van der Waals surface area contributed by atoms with Crippen LogP contribution in [0.15, 0.2) is 36.4 Å². The van der Waals surface area contributed by atoms with Gasteiger partial charge in [0.05, 0.1) is 25.0 Å². The zero-order valence-electron chi connectivity index (χ0n) is 21.4. The van der Waals surface area contributed by atoms with Crippen LogP contribution < -0.4 is 15.4 Å². The predicted octanol–water partition coefficient (Wildman–Crippen LogP) is 3.28. The Hall–Kier alpha value is -2.87. The van der Waals surface area contributed by atoms with Crippen molar-refractivity contribution < 1.29 is 23.9 Å². The number of likely N-dealkylation sites (tertiary alicyclic amines) is 1. The maximum absolute atomic E-state index is 13.9. The fraction of sp³-hybridized carbons (Fsp3) is 0.607. The van der Waals surface area contributed by atoms with E-state index in [1.54, 1.807) is 36.3 Å². The molecule has 2 bridgehead atoms. The number of carbonyl (C=O) groups excluding carboxylic acids is 3. The van der Waals surface area contributed by atoms with E-state index in [1.165, 1.54) is 6.42 Å². The molecule has 2 N–H and O–H groups in total. The highest BCUT2D eigenvalue weighted by atomic mass is 16.5. The summed E-state index contributed by atoms with van der Waals surface area (Å²) in [6.07, 6.45) is 9.27. The van der Waals surface area contributed by atoms with Crippen LogP contribution >= 0.6 is 0 Å². The van der Waals surface area contributed by atoms with Crippen LogP contribution in [-0.2, 0) is 19.1 Å². The number of hydrogen-bond donors (Lipinski definition) is 2.